The van der Waals surface area contributed by atoms with Crippen molar-refractivity contribution in [3.05, 3.63) is 65.3 Å². The number of nitrogens with zero attached hydrogens (tertiary/aromatic N) is 4. The van der Waals surface area contributed by atoms with Gasteiger partial charge in [-0.25, -0.2) is 0 Å². The predicted molar refractivity (Wildman–Crippen MR) is 135 cm³/mol. The van der Waals surface area contributed by atoms with Crippen molar-refractivity contribution in [3.63, 3.8) is 0 Å². The van der Waals surface area contributed by atoms with E-state index in [1.54, 1.807) is 11.8 Å². The first kappa shape index (κ1) is 22.7. The van der Waals surface area contributed by atoms with Crippen molar-refractivity contribution < 1.29 is 0 Å². The fourth-order valence-electron chi connectivity index (χ4n) is 3.98. The highest BCUT2D eigenvalue weighted by Gasteiger charge is 2.27. The van der Waals surface area contributed by atoms with Crippen LogP contribution in [-0.4, -0.2) is 48.1 Å². The van der Waals surface area contributed by atoms with Gasteiger partial charge in [0.05, 0.1) is 4.90 Å². The number of piperidine rings is 1. The maximum absolute atomic E-state index is 6.62. The van der Waals surface area contributed by atoms with Gasteiger partial charge in [-0.3, -0.25) is 4.90 Å². The molecule has 1 aliphatic rings. The van der Waals surface area contributed by atoms with Gasteiger partial charge in [-0.15, -0.1) is 0 Å². The number of rotatable bonds is 7. The van der Waals surface area contributed by atoms with Crippen LogP contribution in [0.1, 0.15) is 18.4 Å². The van der Waals surface area contributed by atoms with E-state index in [4.69, 9.17) is 22.3 Å². The summed E-state index contributed by atoms with van der Waals surface area (Å²) in [6.07, 6.45) is 2.15. The molecule has 1 aliphatic heterocycles. The minimum absolute atomic E-state index is 0.392. The lowest BCUT2D eigenvalue weighted by atomic mass is 10.0. The van der Waals surface area contributed by atoms with E-state index < -0.39 is 0 Å². The first-order chi connectivity index (χ1) is 15.5. The molecule has 3 N–H and O–H groups in total. The van der Waals surface area contributed by atoms with Gasteiger partial charge in [0.1, 0.15) is 5.82 Å². The van der Waals surface area contributed by atoms with E-state index in [-0.39, 0.29) is 0 Å². The number of anilines is 3. The maximum Gasteiger partial charge on any atom is 0.225 e. The maximum atomic E-state index is 6.62. The van der Waals surface area contributed by atoms with E-state index in [1.165, 1.54) is 5.56 Å². The van der Waals surface area contributed by atoms with Crippen LogP contribution in [0.2, 0.25) is 5.15 Å². The smallest absolute Gasteiger partial charge is 0.225 e. The largest absolute Gasteiger partial charge is 0.399 e. The quantitative estimate of drug-likeness (QED) is 0.373. The van der Waals surface area contributed by atoms with E-state index in [0.29, 0.717) is 17.1 Å². The molecular weight excluding hydrogens is 440 g/mol. The van der Waals surface area contributed by atoms with Crippen LogP contribution in [0.4, 0.5) is 17.5 Å². The second kappa shape index (κ2) is 10.4. The number of aromatic nitrogens is 2. The summed E-state index contributed by atoms with van der Waals surface area (Å²) in [4.78, 5) is 15.9. The Morgan fingerprint density at radius 1 is 1.09 bits per heavy atom. The molecule has 0 bridgehead atoms. The standard InChI is InChI=1S/C24H29ClN6S/c1-27-24-28-22(25)21(32-20-10-8-18(26)9-11-20)23(29-24)30(2)19-12-14-31(15-13-19)16-17-6-4-3-5-7-17/h3-11,19H,12-16,26H2,1-2H3,(H,27,28,29). The predicted octanol–water partition coefficient (Wildman–Crippen LogP) is 5.01. The summed E-state index contributed by atoms with van der Waals surface area (Å²) in [6, 6.07) is 18.8. The van der Waals surface area contributed by atoms with Gasteiger partial charge >= 0.3 is 0 Å². The molecule has 0 spiro atoms. The van der Waals surface area contributed by atoms with Crippen LogP contribution in [0.25, 0.3) is 0 Å². The number of nitrogens with one attached hydrogen (secondary N) is 1. The lowest BCUT2D eigenvalue weighted by Crippen LogP contribution is -2.43. The molecule has 32 heavy (non-hydrogen) atoms. The summed E-state index contributed by atoms with van der Waals surface area (Å²) in [5, 5.41) is 3.48. The number of nitrogen functional groups attached to an aromatic ring is 1. The molecule has 1 saturated heterocycles. The first-order valence-electron chi connectivity index (χ1n) is 10.8. The minimum Gasteiger partial charge on any atom is -0.399 e. The zero-order chi connectivity index (χ0) is 22.5. The monoisotopic (exact) mass is 468 g/mol. The Morgan fingerprint density at radius 3 is 2.44 bits per heavy atom. The topological polar surface area (TPSA) is 70.3 Å². The molecule has 0 unspecified atom stereocenters. The van der Waals surface area contributed by atoms with E-state index in [9.17, 15) is 0 Å². The van der Waals surface area contributed by atoms with Crippen LogP contribution in [-0.2, 0) is 6.54 Å². The van der Waals surface area contributed by atoms with Crippen molar-refractivity contribution >= 4 is 40.8 Å². The van der Waals surface area contributed by atoms with Crippen LogP contribution in [0, 0.1) is 0 Å². The molecule has 2 aromatic carbocycles. The number of benzene rings is 2. The summed E-state index contributed by atoms with van der Waals surface area (Å²) in [7, 11) is 3.92. The summed E-state index contributed by atoms with van der Waals surface area (Å²) in [6.45, 7) is 3.11. The fraction of sp³-hybridized carbons (Fsp3) is 0.333. The van der Waals surface area contributed by atoms with Gasteiger partial charge in [0.2, 0.25) is 5.95 Å². The summed E-state index contributed by atoms with van der Waals surface area (Å²) in [5.41, 5.74) is 7.94. The number of nitrogens with two attached hydrogens (primary N) is 1. The zero-order valence-corrected chi connectivity index (χ0v) is 20.0. The Hall–Kier alpha value is -2.48. The summed E-state index contributed by atoms with van der Waals surface area (Å²) >= 11 is 8.19. The molecule has 0 amide bonds. The summed E-state index contributed by atoms with van der Waals surface area (Å²) in [5.74, 6) is 1.39. The lowest BCUT2D eigenvalue weighted by molar-refractivity contribution is 0.203. The Balaban J connectivity index is 1.50. The van der Waals surface area contributed by atoms with Crippen LogP contribution >= 0.6 is 23.4 Å². The van der Waals surface area contributed by atoms with Crippen molar-refractivity contribution in [1.29, 1.82) is 0 Å². The molecule has 8 heteroatoms. The average Bonchev–Trinajstić information content (AvgIpc) is 2.82. The lowest BCUT2D eigenvalue weighted by Gasteiger charge is -2.38. The van der Waals surface area contributed by atoms with Crippen molar-refractivity contribution in [2.75, 3.05) is 43.1 Å². The molecule has 1 aromatic heterocycles. The van der Waals surface area contributed by atoms with Crippen LogP contribution in [0.3, 0.4) is 0 Å². The molecule has 6 nitrogen and oxygen atoms in total. The second-order valence-electron chi connectivity index (χ2n) is 8.02. The molecule has 0 atom stereocenters. The fourth-order valence-corrected chi connectivity index (χ4v) is 5.18. The zero-order valence-electron chi connectivity index (χ0n) is 18.5. The highest BCUT2D eigenvalue weighted by atomic mass is 35.5. The van der Waals surface area contributed by atoms with Crippen LogP contribution in [0.15, 0.2) is 64.4 Å². The van der Waals surface area contributed by atoms with E-state index in [2.05, 4.69) is 57.5 Å². The number of hydrogen-bond donors (Lipinski definition) is 2. The number of hydrogen-bond acceptors (Lipinski definition) is 7. The van der Waals surface area contributed by atoms with Gasteiger partial charge in [-0.05, 0) is 42.7 Å². The van der Waals surface area contributed by atoms with E-state index in [0.717, 1.165) is 53.8 Å². The van der Waals surface area contributed by atoms with Gasteiger partial charge in [0.25, 0.3) is 0 Å². The molecular formula is C24H29ClN6S. The van der Waals surface area contributed by atoms with Gasteiger partial charge in [0.15, 0.2) is 5.15 Å². The molecule has 4 rings (SSSR count). The van der Waals surface area contributed by atoms with Crippen molar-refractivity contribution in [3.8, 4) is 0 Å². The molecule has 1 fully saturated rings. The average molecular weight is 469 g/mol. The van der Waals surface area contributed by atoms with Crippen LogP contribution < -0.4 is 16.0 Å². The van der Waals surface area contributed by atoms with Crippen LogP contribution in [0.5, 0.6) is 0 Å². The highest BCUT2D eigenvalue weighted by molar-refractivity contribution is 7.99. The molecule has 2 heterocycles. The Labute approximate surface area is 199 Å². The van der Waals surface area contributed by atoms with E-state index in [1.807, 2.05) is 31.3 Å². The van der Waals surface area contributed by atoms with Crippen molar-refractivity contribution in [2.24, 2.45) is 0 Å². The molecule has 0 radical (unpaired) electrons. The third kappa shape index (κ3) is 5.46. The molecule has 3 aromatic rings. The highest BCUT2D eigenvalue weighted by Crippen LogP contribution is 2.40. The molecule has 0 aliphatic carbocycles. The Morgan fingerprint density at radius 2 is 1.78 bits per heavy atom. The third-order valence-corrected chi connectivity index (χ3v) is 7.29. The number of halogens is 1. The Kier molecular flexibility index (Phi) is 7.40. The van der Waals surface area contributed by atoms with Crippen molar-refractivity contribution in [1.82, 2.24) is 14.9 Å². The second-order valence-corrected chi connectivity index (χ2v) is 9.46. The molecule has 168 valence electrons. The van der Waals surface area contributed by atoms with Gasteiger partial charge < -0.3 is 16.0 Å². The first-order valence-corrected chi connectivity index (χ1v) is 12.0. The van der Waals surface area contributed by atoms with E-state index >= 15 is 0 Å². The van der Waals surface area contributed by atoms with Gasteiger partial charge in [-0.2, -0.15) is 9.97 Å². The van der Waals surface area contributed by atoms with Gasteiger partial charge in [-0.1, -0.05) is 53.7 Å². The summed E-state index contributed by atoms with van der Waals surface area (Å²) < 4.78 is 0. The third-order valence-electron chi connectivity index (χ3n) is 5.82. The normalized spacial score (nSPS) is 15.0. The SMILES string of the molecule is CNc1nc(Cl)c(Sc2ccc(N)cc2)c(N(C)C2CCN(Cc3ccccc3)CC2)n1. The van der Waals surface area contributed by atoms with Crippen molar-refractivity contribution in [2.45, 2.75) is 35.2 Å². The van der Waals surface area contributed by atoms with Gasteiger partial charge in [0, 0.05) is 50.4 Å². The Bertz CT molecular complexity index is 1020. The number of likely N-dealkylation sites (tertiary alicyclic amines) is 1. The molecule has 0 saturated carbocycles. The minimum atomic E-state index is 0.392.